The molecule has 1 unspecified atom stereocenters. The number of aliphatic hydroxyl groups is 1. The summed E-state index contributed by atoms with van der Waals surface area (Å²) in [4.78, 5) is 13.9. The highest BCUT2D eigenvalue weighted by molar-refractivity contribution is 5.87. The molecule has 2 rings (SSSR count). The van der Waals surface area contributed by atoms with Gasteiger partial charge in [-0.25, -0.2) is 0 Å². The zero-order valence-electron chi connectivity index (χ0n) is 10.5. The lowest BCUT2D eigenvalue weighted by atomic mass is 9.96. The third-order valence-electron chi connectivity index (χ3n) is 2.96. The number of hydrogen-bond donors (Lipinski definition) is 3. The van der Waals surface area contributed by atoms with E-state index in [2.05, 4.69) is 4.98 Å². The minimum atomic E-state index is -0.598. The lowest BCUT2D eigenvalue weighted by Crippen LogP contribution is -2.06. The van der Waals surface area contributed by atoms with E-state index in [4.69, 9.17) is 0 Å². The van der Waals surface area contributed by atoms with E-state index in [9.17, 15) is 15.0 Å². The first-order valence-corrected chi connectivity index (χ1v) is 6.02. The average Bonchev–Trinajstić information content (AvgIpc) is 2.29. The quantitative estimate of drug-likeness (QED) is 0.779. The van der Waals surface area contributed by atoms with Gasteiger partial charge in [-0.05, 0) is 30.0 Å². The summed E-state index contributed by atoms with van der Waals surface area (Å²) in [7, 11) is 0. The normalized spacial score (nSPS) is 13.1. The molecule has 18 heavy (non-hydrogen) atoms. The second-order valence-corrected chi connectivity index (χ2v) is 4.93. The van der Waals surface area contributed by atoms with Crippen molar-refractivity contribution < 1.29 is 10.2 Å². The molecule has 4 nitrogen and oxygen atoms in total. The maximum Gasteiger partial charge on any atom is 0.248 e. The number of aromatic amines is 1. The van der Waals surface area contributed by atoms with Gasteiger partial charge in [-0.3, -0.25) is 4.79 Å². The van der Waals surface area contributed by atoms with Crippen molar-refractivity contribution in [3.63, 3.8) is 0 Å². The fourth-order valence-electron chi connectivity index (χ4n) is 2.12. The monoisotopic (exact) mass is 247 g/mol. The Kier molecular flexibility index (Phi) is 3.39. The molecule has 0 radical (unpaired) electrons. The second kappa shape index (κ2) is 4.82. The van der Waals surface area contributed by atoms with Crippen molar-refractivity contribution in [1.29, 1.82) is 0 Å². The molecule has 0 bridgehead atoms. The van der Waals surface area contributed by atoms with Gasteiger partial charge in [0.1, 0.15) is 5.75 Å². The van der Waals surface area contributed by atoms with Crippen LogP contribution in [0.1, 0.15) is 31.9 Å². The molecule has 0 aliphatic rings. The van der Waals surface area contributed by atoms with Crippen LogP contribution >= 0.6 is 0 Å². The van der Waals surface area contributed by atoms with Gasteiger partial charge in [0.15, 0.2) is 0 Å². The highest BCUT2D eigenvalue weighted by Gasteiger charge is 2.14. The summed E-state index contributed by atoms with van der Waals surface area (Å²) in [5.74, 6) is 0.384. The zero-order chi connectivity index (χ0) is 13.3. The second-order valence-electron chi connectivity index (χ2n) is 4.93. The fraction of sp³-hybridized carbons (Fsp3) is 0.357. The molecule has 1 aromatic heterocycles. The number of fused-ring (bicyclic) bond motifs is 1. The van der Waals surface area contributed by atoms with Crippen molar-refractivity contribution in [3.05, 3.63) is 40.2 Å². The van der Waals surface area contributed by atoms with E-state index < -0.39 is 6.10 Å². The standard InChI is InChI=1S/C14H17NO3/c1-8(2)7-12(17)9-3-5-11(16)14-10(9)4-6-13(18)15-14/h3-6,8,12,16-17H,7H2,1-2H3,(H,15,18). The van der Waals surface area contributed by atoms with Gasteiger partial charge >= 0.3 is 0 Å². The molecule has 0 aliphatic heterocycles. The van der Waals surface area contributed by atoms with Crippen molar-refractivity contribution in [2.45, 2.75) is 26.4 Å². The van der Waals surface area contributed by atoms with Gasteiger partial charge in [0.05, 0.1) is 11.6 Å². The lowest BCUT2D eigenvalue weighted by molar-refractivity contribution is 0.152. The van der Waals surface area contributed by atoms with E-state index in [1.54, 1.807) is 12.1 Å². The number of aliphatic hydroxyl groups excluding tert-OH is 1. The molecule has 0 amide bonds. The molecule has 0 saturated heterocycles. The first-order chi connectivity index (χ1) is 8.49. The molecular weight excluding hydrogens is 230 g/mol. The van der Waals surface area contributed by atoms with Crippen LogP contribution in [0.2, 0.25) is 0 Å². The van der Waals surface area contributed by atoms with Crippen molar-refractivity contribution in [2.75, 3.05) is 0 Å². The number of phenolic OH excluding ortho intramolecular Hbond substituents is 1. The molecule has 1 heterocycles. The number of aromatic hydroxyl groups is 1. The molecular formula is C14H17NO3. The summed E-state index contributed by atoms with van der Waals surface area (Å²) in [6.45, 7) is 4.07. The number of phenols is 1. The third-order valence-corrected chi connectivity index (χ3v) is 2.96. The van der Waals surface area contributed by atoms with Crippen LogP contribution in [0.25, 0.3) is 10.9 Å². The van der Waals surface area contributed by atoms with Crippen LogP contribution in [-0.2, 0) is 0 Å². The van der Waals surface area contributed by atoms with Crippen LogP contribution in [0.4, 0.5) is 0 Å². The van der Waals surface area contributed by atoms with Crippen molar-refractivity contribution in [2.24, 2.45) is 5.92 Å². The van der Waals surface area contributed by atoms with Crippen LogP contribution < -0.4 is 5.56 Å². The van der Waals surface area contributed by atoms with E-state index >= 15 is 0 Å². The summed E-state index contributed by atoms with van der Waals surface area (Å²) in [5, 5.41) is 20.6. The lowest BCUT2D eigenvalue weighted by Gasteiger charge is -2.16. The first-order valence-electron chi connectivity index (χ1n) is 6.02. The Morgan fingerprint density at radius 1 is 1.22 bits per heavy atom. The SMILES string of the molecule is CC(C)CC(O)c1ccc(O)c2[nH]c(=O)ccc12. The summed E-state index contributed by atoms with van der Waals surface area (Å²) in [6, 6.07) is 6.22. The molecule has 1 aromatic carbocycles. The molecule has 0 saturated carbocycles. The Balaban J connectivity index is 2.59. The Labute approximate surface area is 105 Å². The number of aromatic nitrogens is 1. The predicted molar refractivity (Wildman–Crippen MR) is 70.6 cm³/mol. The Hall–Kier alpha value is -1.81. The summed E-state index contributed by atoms with van der Waals surface area (Å²) < 4.78 is 0. The number of benzene rings is 1. The minimum Gasteiger partial charge on any atom is -0.506 e. The van der Waals surface area contributed by atoms with Crippen LogP contribution in [0.15, 0.2) is 29.1 Å². The Morgan fingerprint density at radius 3 is 2.61 bits per heavy atom. The van der Waals surface area contributed by atoms with Gasteiger partial charge in [0.25, 0.3) is 0 Å². The van der Waals surface area contributed by atoms with Crippen molar-refractivity contribution >= 4 is 10.9 Å². The average molecular weight is 247 g/mol. The minimum absolute atomic E-state index is 0.0168. The number of H-pyrrole nitrogens is 1. The van der Waals surface area contributed by atoms with E-state index in [1.165, 1.54) is 12.1 Å². The number of hydrogen-bond acceptors (Lipinski definition) is 3. The van der Waals surface area contributed by atoms with Gasteiger partial charge in [0, 0.05) is 11.5 Å². The van der Waals surface area contributed by atoms with E-state index in [-0.39, 0.29) is 11.3 Å². The van der Waals surface area contributed by atoms with Gasteiger partial charge in [-0.1, -0.05) is 19.9 Å². The van der Waals surface area contributed by atoms with Crippen molar-refractivity contribution in [3.8, 4) is 5.75 Å². The molecule has 96 valence electrons. The number of nitrogens with one attached hydrogen (secondary N) is 1. The summed E-state index contributed by atoms with van der Waals surface area (Å²) in [5.41, 5.74) is 0.837. The topological polar surface area (TPSA) is 73.3 Å². The van der Waals surface area contributed by atoms with Gasteiger partial charge in [-0.15, -0.1) is 0 Å². The van der Waals surface area contributed by atoms with Crippen LogP contribution in [0.5, 0.6) is 5.75 Å². The van der Waals surface area contributed by atoms with Crippen LogP contribution in [0, 0.1) is 5.92 Å². The third kappa shape index (κ3) is 2.38. The van der Waals surface area contributed by atoms with Crippen LogP contribution in [-0.4, -0.2) is 15.2 Å². The summed E-state index contributed by atoms with van der Waals surface area (Å²) >= 11 is 0. The smallest absolute Gasteiger partial charge is 0.248 e. The maximum absolute atomic E-state index is 11.3. The molecule has 0 aliphatic carbocycles. The van der Waals surface area contributed by atoms with E-state index in [0.717, 1.165) is 5.56 Å². The highest BCUT2D eigenvalue weighted by atomic mass is 16.3. The highest BCUT2D eigenvalue weighted by Crippen LogP contribution is 2.31. The molecule has 0 fully saturated rings. The Morgan fingerprint density at radius 2 is 1.94 bits per heavy atom. The van der Waals surface area contributed by atoms with E-state index in [1.807, 2.05) is 13.8 Å². The predicted octanol–water partition coefficient (Wildman–Crippen LogP) is 2.31. The number of rotatable bonds is 3. The first kappa shape index (κ1) is 12.6. The Bertz CT molecular complexity index is 616. The molecule has 1 atom stereocenters. The maximum atomic E-state index is 11.3. The molecule has 4 heteroatoms. The van der Waals surface area contributed by atoms with Gasteiger partial charge in [0.2, 0.25) is 5.56 Å². The van der Waals surface area contributed by atoms with Gasteiger partial charge in [-0.2, -0.15) is 0 Å². The zero-order valence-corrected chi connectivity index (χ0v) is 10.5. The fourth-order valence-corrected chi connectivity index (χ4v) is 2.12. The largest absolute Gasteiger partial charge is 0.506 e. The number of pyridine rings is 1. The van der Waals surface area contributed by atoms with Crippen molar-refractivity contribution in [1.82, 2.24) is 4.98 Å². The summed E-state index contributed by atoms with van der Waals surface area (Å²) in [6.07, 6.45) is 0.0398. The van der Waals surface area contributed by atoms with E-state index in [0.29, 0.717) is 23.2 Å². The molecule has 3 N–H and O–H groups in total. The van der Waals surface area contributed by atoms with Gasteiger partial charge < -0.3 is 15.2 Å². The molecule has 0 spiro atoms. The van der Waals surface area contributed by atoms with Crippen LogP contribution in [0.3, 0.4) is 0 Å². The molecule has 2 aromatic rings.